The second-order valence-corrected chi connectivity index (χ2v) is 9.36. The van der Waals surface area contributed by atoms with Crippen molar-refractivity contribution in [2.45, 2.75) is 26.5 Å². The van der Waals surface area contributed by atoms with Crippen molar-refractivity contribution in [2.24, 2.45) is 5.73 Å². The van der Waals surface area contributed by atoms with E-state index in [0.717, 1.165) is 41.1 Å². The molecule has 0 spiro atoms. The molecule has 3 aromatic carbocycles. The SMILES string of the molecule is CC(=O)O.NCCCn1cc(-c2nc3cc(Cl)c(Cl)cc3[nH]c2=O)c2ccc(OCc3ccccc3)cc21. The Bertz CT molecular complexity index is 1640. The maximum atomic E-state index is 13.0. The van der Waals surface area contributed by atoms with Gasteiger partial charge in [-0.25, -0.2) is 4.98 Å². The normalized spacial score (nSPS) is 10.8. The van der Waals surface area contributed by atoms with Gasteiger partial charge in [-0.2, -0.15) is 0 Å². The van der Waals surface area contributed by atoms with E-state index >= 15 is 0 Å². The standard InChI is InChI=1S/C26H22Cl2N4O2.C2H4O2/c27-20-12-22-23(13-21(20)28)31-26(33)25(30-22)19-14-32(10-4-9-29)24-11-17(7-8-18(19)24)34-15-16-5-2-1-3-6-16;1-2(3)4/h1-3,5-8,11-14H,4,9-10,15,29H2,(H,31,33);1H3,(H,3,4). The number of halogens is 2. The van der Waals surface area contributed by atoms with Gasteiger partial charge in [0.15, 0.2) is 0 Å². The lowest BCUT2D eigenvalue weighted by atomic mass is 10.1. The van der Waals surface area contributed by atoms with Crippen molar-refractivity contribution in [1.29, 1.82) is 0 Å². The van der Waals surface area contributed by atoms with Gasteiger partial charge in [-0.1, -0.05) is 53.5 Å². The Hall–Kier alpha value is -3.85. The summed E-state index contributed by atoms with van der Waals surface area (Å²) in [4.78, 5) is 29.5. The summed E-state index contributed by atoms with van der Waals surface area (Å²) >= 11 is 12.3. The number of aryl methyl sites for hydroxylation is 1. The second-order valence-electron chi connectivity index (χ2n) is 8.55. The molecule has 0 bridgehead atoms. The van der Waals surface area contributed by atoms with Gasteiger partial charge in [-0.3, -0.25) is 9.59 Å². The number of H-pyrrole nitrogens is 1. The fourth-order valence-corrected chi connectivity index (χ4v) is 4.32. The third-order valence-corrected chi connectivity index (χ3v) is 6.42. The smallest absolute Gasteiger partial charge is 0.300 e. The lowest BCUT2D eigenvalue weighted by Crippen LogP contribution is -2.11. The summed E-state index contributed by atoms with van der Waals surface area (Å²) in [5.41, 5.74) is 9.66. The highest BCUT2D eigenvalue weighted by Gasteiger charge is 2.17. The van der Waals surface area contributed by atoms with E-state index in [0.29, 0.717) is 46.5 Å². The van der Waals surface area contributed by atoms with Crippen LogP contribution in [0.4, 0.5) is 0 Å². The van der Waals surface area contributed by atoms with E-state index in [1.807, 2.05) is 54.7 Å². The van der Waals surface area contributed by atoms with E-state index in [-0.39, 0.29) is 5.56 Å². The van der Waals surface area contributed by atoms with E-state index in [1.54, 1.807) is 12.1 Å². The zero-order valence-electron chi connectivity index (χ0n) is 20.6. The van der Waals surface area contributed by atoms with Gasteiger partial charge in [0.1, 0.15) is 18.1 Å². The number of ether oxygens (including phenoxy) is 1. The number of fused-ring (bicyclic) bond motifs is 2. The molecule has 0 saturated carbocycles. The molecule has 0 radical (unpaired) electrons. The Labute approximate surface area is 228 Å². The van der Waals surface area contributed by atoms with Crippen molar-refractivity contribution in [3.05, 3.63) is 92.8 Å². The maximum absolute atomic E-state index is 13.0. The minimum atomic E-state index is -0.833. The van der Waals surface area contributed by atoms with Crippen molar-refractivity contribution < 1.29 is 14.6 Å². The summed E-state index contributed by atoms with van der Waals surface area (Å²) in [7, 11) is 0. The van der Waals surface area contributed by atoms with Crippen molar-refractivity contribution >= 4 is 51.1 Å². The lowest BCUT2D eigenvalue weighted by Gasteiger charge is -2.08. The zero-order chi connectivity index (χ0) is 27.2. The lowest BCUT2D eigenvalue weighted by molar-refractivity contribution is -0.134. The van der Waals surface area contributed by atoms with Crippen molar-refractivity contribution in [3.8, 4) is 17.0 Å². The summed E-state index contributed by atoms with van der Waals surface area (Å²) in [5, 5.41) is 9.06. The average molecular weight is 553 g/mol. The van der Waals surface area contributed by atoms with Crippen molar-refractivity contribution in [2.75, 3.05) is 6.54 Å². The molecule has 0 unspecified atom stereocenters. The summed E-state index contributed by atoms with van der Waals surface area (Å²) in [6, 6.07) is 19.1. The topological polar surface area (TPSA) is 123 Å². The van der Waals surface area contributed by atoms with Gasteiger partial charge in [0.2, 0.25) is 0 Å². The van der Waals surface area contributed by atoms with E-state index in [1.165, 1.54) is 0 Å². The molecular weight excluding hydrogens is 527 g/mol. The fourth-order valence-electron chi connectivity index (χ4n) is 4.00. The summed E-state index contributed by atoms with van der Waals surface area (Å²) in [6.07, 6.45) is 2.75. The highest BCUT2D eigenvalue weighted by atomic mass is 35.5. The first-order chi connectivity index (χ1) is 18.3. The van der Waals surface area contributed by atoms with E-state index in [4.69, 9.17) is 43.6 Å². The minimum Gasteiger partial charge on any atom is -0.489 e. The molecule has 0 aliphatic rings. The van der Waals surface area contributed by atoms with Gasteiger partial charge in [0.05, 0.1) is 26.6 Å². The van der Waals surface area contributed by atoms with Crippen LogP contribution in [0.3, 0.4) is 0 Å². The Morgan fingerprint density at radius 2 is 1.82 bits per heavy atom. The number of carboxylic acid groups (broad SMARTS) is 1. The van der Waals surface area contributed by atoms with Crippen LogP contribution in [-0.2, 0) is 17.9 Å². The van der Waals surface area contributed by atoms with Crippen LogP contribution in [0.15, 0.2) is 71.7 Å². The first kappa shape index (κ1) is 27.2. The minimum absolute atomic E-state index is 0.298. The number of carbonyl (C=O) groups is 1. The van der Waals surface area contributed by atoms with Crippen LogP contribution < -0.4 is 16.0 Å². The predicted octanol–water partition coefficient (Wildman–Crippen LogP) is 5.87. The van der Waals surface area contributed by atoms with Gasteiger partial charge in [-0.15, -0.1) is 0 Å². The Kier molecular flexibility index (Phi) is 8.68. The number of nitrogens with zero attached hydrogens (tertiary/aromatic N) is 2. The molecule has 0 amide bonds. The number of nitrogens with two attached hydrogens (primary N) is 1. The molecule has 5 rings (SSSR count). The molecule has 5 aromatic rings. The molecule has 0 fully saturated rings. The highest BCUT2D eigenvalue weighted by molar-refractivity contribution is 6.42. The Morgan fingerprint density at radius 3 is 2.53 bits per heavy atom. The Balaban J connectivity index is 0.000000786. The van der Waals surface area contributed by atoms with E-state index in [2.05, 4.69) is 14.5 Å². The number of aromatic amines is 1. The maximum Gasteiger partial charge on any atom is 0.300 e. The van der Waals surface area contributed by atoms with Gasteiger partial charge in [-0.05, 0) is 42.8 Å². The number of hydrogen-bond acceptors (Lipinski definition) is 5. The summed E-state index contributed by atoms with van der Waals surface area (Å²) in [5.74, 6) is -0.0863. The van der Waals surface area contributed by atoms with Gasteiger partial charge < -0.3 is 25.1 Å². The molecule has 8 nitrogen and oxygen atoms in total. The van der Waals surface area contributed by atoms with Gasteiger partial charge in [0, 0.05) is 36.7 Å². The highest BCUT2D eigenvalue weighted by Crippen LogP contribution is 2.33. The molecule has 0 saturated heterocycles. The number of nitrogens with one attached hydrogen (secondary N) is 1. The number of aliphatic carboxylic acids is 1. The molecule has 2 aromatic heterocycles. The Morgan fingerprint density at radius 1 is 1.11 bits per heavy atom. The fraction of sp³-hybridized carbons (Fsp3) is 0.179. The molecular formula is C28H26Cl2N4O4. The zero-order valence-corrected chi connectivity index (χ0v) is 22.1. The van der Waals surface area contributed by atoms with E-state index in [9.17, 15) is 4.79 Å². The van der Waals surface area contributed by atoms with Crippen LogP contribution in [0, 0.1) is 0 Å². The molecule has 38 heavy (non-hydrogen) atoms. The second kappa shape index (κ2) is 12.1. The summed E-state index contributed by atoms with van der Waals surface area (Å²) in [6.45, 7) is 2.83. The molecule has 2 heterocycles. The van der Waals surface area contributed by atoms with E-state index < -0.39 is 5.97 Å². The number of benzene rings is 3. The van der Waals surface area contributed by atoms with Crippen LogP contribution in [-0.4, -0.2) is 32.2 Å². The van der Waals surface area contributed by atoms with Crippen molar-refractivity contribution in [3.63, 3.8) is 0 Å². The molecule has 10 heteroatoms. The quantitative estimate of drug-likeness (QED) is 0.232. The van der Waals surface area contributed by atoms with Crippen LogP contribution in [0.25, 0.3) is 33.2 Å². The monoisotopic (exact) mass is 552 g/mol. The molecule has 0 aliphatic carbocycles. The van der Waals surface area contributed by atoms with Crippen molar-refractivity contribution in [1.82, 2.24) is 14.5 Å². The van der Waals surface area contributed by atoms with Crippen LogP contribution >= 0.6 is 23.2 Å². The van der Waals surface area contributed by atoms with Crippen LogP contribution in [0.2, 0.25) is 10.0 Å². The molecule has 0 aliphatic heterocycles. The summed E-state index contributed by atoms with van der Waals surface area (Å²) < 4.78 is 8.12. The number of rotatable bonds is 7. The third kappa shape index (κ3) is 6.34. The number of carboxylic acids is 1. The van der Waals surface area contributed by atoms with Crippen LogP contribution in [0.1, 0.15) is 18.9 Å². The first-order valence-corrected chi connectivity index (χ1v) is 12.6. The predicted molar refractivity (Wildman–Crippen MR) is 151 cm³/mol. The van der Waals surface area contributed by atoms with Gasteiger partial charge >= 0.3 is 0 Å². The van der Waals surface area contributed by atoms with Gasteiger partial charge in [0.25, 0.3) is 11.5 Å². The first-order valence-electron chi connectivity index (χ1n) is 11.9. The third-order valence-electron chi connectivity index (χ3n) is 5.69. The average Bonchev–Trinajstić information content (AvgIpc) is 3.25. The molecule has 4 N–H and O–H groups in total. The molecule has 0 atom stereocenters. The number of hydrogen-bond donors (Lipinski definition) is 3. The number of aromatic nitrogens is 3. The largest absolute Gasteiger partial charge is 0.489 e. The van der Waals surface area contributed by atoms with Crippen LogP contribution in [0.5, 0.6) is 5.75 Å². The molecule has 196 valence electrons.